The number of carbonyl (C=O) groups excluding carboxylic acids is 1. The molecule has 0 radical (unpaired) electrons. The van der Waals surface area contributed by atoms with E-state index in [1.54, 1.807) is 6.92 Å². The van der Waals surface area contributed by atoms with E-state index in [4.69, 9.17) is 0 Å². The number of hydrogen-bond donors (Lipinski definition) is 3. The van der Waals surface area contributed by atoms with Gasteiger partial charge in [-0.05, 0) is 62.6 Å². The van der Waals surface area contributed by atoms with Crippen LogP contribution in [-0.4, -0.2) is 46.8 Å². The number of hydrogen-bond acceptors (Lipinski definition) is 4. The number of nitrogens with one attached hydrogen (secondary N) is 1. The number of nitrogens with zero attached hydrogens (tertiary/aromatic N) is 1. The zero-order valence-corrected chi connectivity index (χ0v) is 17.6. The van der Waals surface area contributed by atoms with Gasteiger partial charge in [-0.3, -0.25) is 4.79 Å². The van der Waals surface area contributed by atoms with Crippen LogP contribution in [0.1, 0.15) is 75.6 Å². The van der Waals surface area contributed by atoms with Crippen molar-refractivity contribution in [1.82, 2.24) is 10.2 Å². The molecule has 0 spiro atoms. The standard InChI is InChI=1S/C23H36N2O3/c1-16(26)14-24-15-21(27)25-12-11-17-9-10-19(23(2,3)28)13-20(17)22(25)18-7-5-4-6-8-18/h9-10,13,16,18,22,24,26,28H,4-8,11-12,14-15H2,1-3H3/t16-,22-/m1/s1. The van der Waals surface area contributed by atoms with Crippen molar-refractivity contribution in [2.75, 3.05) is 19.6 Å². The Kier molecular flexibility index (Phi) is 6.79. The van der Waals surface area contributed by atoms with Crippen molar-refractivity contribution >= 4 is 5.91 Å². The van der Waals surface area contributed by atoms with Gasteiger partial charge in [0, 0.05) is 13.1 Å². The molecule has 28 heavy (non-hydrogen) atoms. The van der Waals surface area contributed by atoms with Crippen molar-refractivity contribution in [3.8, 4) is 0 Å². The maximum atomic E-state index is 13.1. The molecule has 1 fully saturated rings. The zero-order chi connectivity index (χ0) is 20.3. The molecule has 1 aromatic rings. The highest BCUT2D eigenvalue weighted by molar-refractivity contribution is 5.79. The summed E-state index contributed by atoms with van der Waals surface area (Å²) in [7, 11) is 0. The van der Waals surface area contributed by atoms with Gasteiger partial charge in [0.05, 0.1) is 24.3 Å². The largest absolute Gasteiger partial charge is 0.392 e. The van der Waals surface area contributed by atoms with Crippen molar-refractivity contribution in [2.45, 2.75) is 77.0 Å². The van der Waals surface area contributed by atoms with E-state index < -0.39 is 11.7 Å². The number of carbonyl (C=O) groups is 1. The van der Waals surface area contributed by atoms with E-state index in [9.17, 15) is 15.0 Å². The molecule has 1 amide bonds. The predicted molar refractivity (Wildman–Crippen MR) is 111 cm³/mol. The van der Waals surface area contributed by atoms with Crippen molar-refractivity contribution in [3.63, 3.8) is 0 Å². The molecule has 2 atom stereocenters. The van der Waals surface area contributed by atoms with E-state index in [1.165, 1.54) is 30.4 Å². The van der Waals surface area contributed by atoms with Crippen LogP contribution in [0.15, 0.2) is 18.2 Å². The van der Waals surface area contributed by atoms with E-state index in [-0.39, 0.29) is 18.5 Å². The normalized spacial score (nSPS) is 22.0. The molecule has 1 saturated carbocycles. The second kappa shape index (κ2) is 8.93. The van der Waals surface area contributed by atoms with Crippen LogP contribution in [-0.2, 0) is 16.8 Å². The summed E-state index contributed by atoms with van der Waals surface area (Å²) < 4.78 is 0. The van der Waals surface area contributed by atoms with E-state index in [2.05, 4.69) is 22.3 Å². The number of amides is 1. The summed E-state index contributed by atoms with van der Waals surface area (Å²) >= 11 is 0. The Morgan fingerprint density at radius 3 is 2.64 bits per heavy atom. The van der Waals surface area contributed by atoms with Gasteiger partial charge in [-0.25, -0.2) is 0 Å². The molecule has 2 aliphatic rings. The minimum atomic E-state index is -0.892. The third kappa shape index (κ3) is 4.94. The molecule has 1 aliphatic heterocycles. The minimum Gasteiger partial charge on any atom is -0.392 e. The fraction of sp³-hybridized carbons (Fsp3) is 0.696. The SMILES string of the molecule is C[C@@H](O)CNCC(=O)N1CCc2ccc(C(C)(C)O)cc2[C@H]1C1CCCCC1. The van der Waals surface area contributed by atoms with E-state index in [0.717, 1.165) is 31.4 Å². The van der Waals surface area contributed by atoms with Crippen LogP contribution < -0.4 is 5.32 Å². The monoisotopic (exact) mass is 388 g/mol. The highest BCUT2D eigenvalue weighted by atomic mass is 16.3. The van der Waals surface area contributed by atoms with Gasteiger partial charge in [0.1, 0.15) is 0 Å². The van der Waals surface area contributed by atoms with Crippen LogP contribution in [0.4, 0.5) is 0 Å². The lowest BCUT2D eigenvalue weighted by molar-refractivity contribution is -0.134. The molecular formula is C23H36N2O3. The Morgan fingerprint density at radius 1 is 1.29 bits per heavy atom. The smallest absolute Gasteiger partial charge is 0.237 e. The Balaban J connectivity index is 1.90. The minimum absolute atomic E-state index is 0.0900. The fourth-order valence-electron chi connectivity index (χ4n) is 4.75. The van der Waals surface area contributed by atoms with Gasteiger partial charge in [-0.1, -0.05) is 37.5 Å². The maximum Gasteiger partial charge on any atom is 0.237 e. The van der Waals surface area contributed by atoms with Gasteiger partial charge in [0.25, 0.3) is 0 Å². The van der Waals surface area contributed by atoms with Crippen LogP contribution in [0.2, 0.25) is 0 Å². The lowest BCUT2D eigenvalue weighted by Crippen LogP contribution is -2.47. The van der Waals surface area contributed by atoms with Gasteiger partial charge in [-0.2, -0.15) is 0 Å². The van der Waals surface area contributed by atoms with Crippen LogP contribution in [0.25, 0.3) is 0 Å². The van der Waals surface area contributed by atoms with Crippen molar-refractivity contribution < 1.29 is 15.0 Å². The Hall–Kier alpha value is -1.43. The summed E-state index contributed by atoms with van der Waals surface area (Å²) in [6, 6.07) is 6.40. The van der Waals surface area contributed by atoms with Crippen molar-refractivity contribution in [3.05, 3.63) is 34.9 Å². The fourth-order valence-corrected chi connectivity index (χ4v) is 4.75. The van der Waals surface area contributed by atoms with Crippen LogP contribution >= 0.6 is 0 Å². The summed E-state index contributed by atoms with van der Waals surface area (Å²) in [5.41, 5.74) is 2.55. The Labute approximate surface area is 169 Å². The quantitative estimate of drug-likeness (QED) is 0.701. The molecule has 5 heteroatoms. The molecule has 1 heterocycles. The van der Waals surface area contributed by atoms with Gasteiger partial charge in [-0.15, -0.1) is 0 Å². The second-order valence-electron chi connectivity index (χ2n) is 9.13. The van der Waals surface area contributed by atoms with Crippen molar-refractivity contribution in [1.29, 1.82) is 0 Å². The molecule has 5 nitrogen and oxygen atoms in total. The highest BCUT2D eigenvalue weighted by Crippen LogP contribution is 2.43. The van der Waals surface area contributed by atoms with Crippen LogP contribution in [0, 0.1) is 5.92 Å². The molecule has 3 rings (SSSR count). The van der Waals surface area contributed by atoms with Gasteiger partial charge in [0.15, 0.2) is 0 Å². The molecule has 0 saturated heterocycles. The molecule has 0 unspecified atom stereocenters. The molecule has 1 aliphatic carbocycles. The molecule has 0 bridgehead atoms. The summed E-state index contributed by atoms with van der Waals surface area (Å²) in [5, 5.41) is 23.1. The Bertz CT molecular complexity index is 675. The summed E-state index contributed by atoms with van der Waals surface area (Å²) in [5.74, 6) is 0.584. The molecule has 3 N–H and O–H groups in total. The molecular weight excluding hydrogens is 352 g/mol. The number of fused-ring (bicyclic) bond motifs is 1. The van der Waals surface area contributed by atoms with Crippen LogP contribution in [0.5, 0.6) is 0 Å². The summed E-state index contributed by atoms with van der Waals surface area (Å²) in [6.45, 7) is 6.77. The third-order valence-corrected chi connectivity index (χ3v) is 6.26. The van der Waals surface area contributed by atoms with E-state index in [0.29, 0.717) is 12.5 Å². The number of aliphatic hydroxyl groups is 2. The van der Waals surface area contributed by atoms with Crippen molar-refractivity contribution in [2.24, 2.45) is 5.92 Å². The topological polar surface area (TPSA) is 72.8 Å². The molecule has 1 aromatic carbocycles. The predicted octanol–water partition coefficient (Wildman–Crippen LogP) is 2.89. The molecule has 0 aromatic heterocycles. The molecule has 156 valence electrons. The average Bonchev–Trinajstić information content (AvgIpc) is 2.66. The number of aliphatic hydroxyl groups excluding tert-OH is 1. The first-order valence-electron chi connectivity index (χ1n) is 10.8. The van der Waals surface area contributed by atoms with Crippen LogP contribution in [0.3, 0.4) is 0 Å². The van der Waals surface area contributed by atoms with E-state index in [1.807, 2.05) is 19.9 Å². The first-order chi connectivity index (χ1) is 13.3. The second-order valence-corrected chi connectivity index (χ2v) is 9.13. The highest BCUT2D eigenvalue weighted by Gasteiger charge is 2.37. The summed E-state index contributed by atoms with van der Waals surface area (Å²) in [4.78, 5) is 15.1. The lowest BCUT2D eigenvalue weighted by Gasteiger charge is -2.43. The summed E-state index contributed by atoms with van der Waals surface area (Å²) in [6.07, 6.45) is 6.44. The number of rotatable bonds is 6. The lowest BCUT2D eigenvalue weighted by atomic mass is 9.76. The number of benzene rings is 1. The zero-order valence-electron chi connectivity index (χ0n) is 17.6. The van der Waals surface area contributed by atoms with Gasteiger partial charge < -0.3 is 20.4 Å². The third-order valence-electron chi connectivity index (χ3n) is 6.26. The maximum absolute atomic E-state index is 13.1. The first kappa shape index (κ1) is 21.3. The van der Waals surface area contributed by atoms with Gasteiger partial charge >= 0.3 is 0 Å². The average molecular weight is 389 g/mol. The first-order valence-corrected chi connectivity index (χ1v) is 10.8. The Morgan fingerprint density at radius 2 is 2.00 bits per heavy atom. The van der Waals surface area contributed by atoms with Gasteiger partial charge in [0.2, 0.25) is 5.91 Å². The van der Waals surface area contributed by atoms with E-state index >= 15 is 0 Å².